The molecule has 0 aliphatic carbocycles. The van der Waals surface area contributed by atoms with Crippen LogP contribution in [0.1, 0.15) is 26.3 Å². The molecule has 0 saturated carbocycles. The summed E-state index contributed by atoms with van der Waals surface area (Å²) in [6, 6.07) is 18.1. The summed E-state index contributed by atoms with van der Waals surface area (Å²) in [5, 5.41) is 1.09. The van der Waals surface area contributed by atoms with Gasteiger partial charge >= 0.3 is 5.97 Å². The summed E-state index contributed by atoms with van der Waals surface area (Å²) in [4.78, 5) is 24.8. The van der Waals surface area contributed by atoms with E-state index in [-0.39, 0.29) is 17.3 Å². The van der Waals surface area contributed by atoms with Crippen LogP contribution in [0.3, 0.4) is 0 Å². The first kappa shape index (κ1) is 18.3. The zero-order valence-corrected chi connectivity index (χ0v) is 15.8. The summed E-state index contributed by atoms with van der Waals surface area (Å²) < 4.78 is 11.0. The Balaban J connectivity index is 1.55. The first-order valence-corrected chi connectivity index (χ1v) is 9.07. The zero-order valence-electron chi connectivity index (χ0n) is 14.3. The highest BCUT2D eigenvalue weighted by Crippen LogP contribution is 2.35. The predicted molar refractivity (Wildman–Crippen MR) is 107 cm³/mol. The number of allylic oxidation sites excluding steroid dienone is 1. The topological polar surface area (TPSA) is 52.6 Å². The predicted octanol–water partition coefficient (Wildman–Crippen LogP) is 5.83. The molecule has 4 nitrogen and oxygen atoms in total. The molecule has 3 aromatic rings. The van der Waals surface area contributed by atoms with E-state index in [0.717, 1.165) is 5.56 Å². The lowest BCUT2D eigenvalue weighted by atomic mass is 10.1. The van der Waals surface area contributed by atoms with Crippen LogP contribution >= 0.6 is 23.2 Å². The number of hydrogen-bond acceptors (Lipinski definition) is 4. The molecule has 1 heterocycles. The molecule has 138 valence electrons. The molecule has 1 aliphatic heterocycles. The smallest absolute Gasteiger partial charge is 0.343 e. The standard InChI is InChI=1S/C22H12Cl2O4/c23-15-6-4-14(5-7-15)22(26)27-17-8-9-18-19(12-17)28-20(21(18)25)11-13-2-1-3-16(24)10-13/h1-12H/b20-11+. The molecule has 0 unspecified atom stereocenters. The van der Waals surface area contributed by atoms with Crippen LogP contribution in [0.15, 0.2) is 72.5 Å². The van der Waals surface area contributed by atoms with E-state index in [1.165, 1.54) is 6.07 Å². The number of fused-ring (bicyclic) bond motifs is 1. The highest BCUT2D eigenvalue weighted by molar-refractivity contribution is 6.31. The third-order valence-corrected chi connectivity index (χ3v) is 4.57. The third kappa shape index (κ3) is 3.79. The second kappa shape index (κ2) is 7.50. The fourth-order valence-corrected chi connectivity index (χ4v) is 3.06. The molecular weight excluding hydrogens is 399 g/mol. The summed E-state index contributed by atoms with van der Waals surface area (Å²) in [5.74, 6) is 0.00909. The molecule has 0 amide bonds. The van der Waals surface area contributed by atoms with E-state index in [0.29, 0.717) is 26.9 Å². The number of ether oxygens (including phenoxy) is 2. The molecule has 0 atom stereocenters. The normalized spacial score (nSPS) is 13.9. The molecule has 0 fully saturated rings. The molecule has 0 bridgehead atoms. The molecule has 6 heteroatoms. The van der Waals surface area contributed by atoms with Gasteiger partial charge in [0.1, 0.15) is 11.5 Å². The number of benzene rings is 3. The van der Waals surface area contributed by atoms with Crippen LogP contribution < -0.4 is 9.47 Å². The van der Waals surface area contributed by atoms with Crippen LogP contribution in [-0.2, 0) is 0 Å². The summed E-state index contributed by atoms with van der Waals surface area (Å²) in [5.41, 5.74) is 1.51. The number of ketones is 1. The van der Waals surface area contributed by atoms with E-state index in [2.05, 4.69) is 0 Å². The van der Waals surface area contributed by atoms with Crippen LogP contribution in [0.25, 0.3) is 6.08 Å². The van der Waals surface area contributed by atoms with Crippen LogP contribution in [0.4, 0.5) is 0 Å². The molecule has 28 heavy (non-hydrogen) atoms. The maximum atomic E-state index is 12.5. The minimum Gasteiger partial charge on any atom is -0.452 e. The molecule has 4 rings (SSSR count). The van der Waals surface area contributed by atoms with Gasteiger partial charge in [0.2, 0.25) is 5.78 Å². The van der Waals surface area contributed by atoms with Crippen molar-refractivity contribution < 1.29 is 19.1 Å². The van der Waals surface area contributed by atoms with E-state index in [1.54, 1.807) is 60.7 Å². The Morgan fingerprint density at radius 3 is 2.46 bits per heavy atom. The van der Waals surface area contributed by atoms with Gasteiger partial charge in [-0.05, 0) is 60.2 Å². The summed E-state index contributed by atoms with van der Waals surface area (Å²) in [6.45, 7) is 0. The SMILES string of the molecule is O=C(Oc1ccc2c(c1)O/C(=C/c1cccc(Cl)c1)C2=O)c1ccc(Cl)cc1. The van der Waals surface area contributed by atoms with Gasteiger partial charge in [-0.2, -0.15) is 0 Å². The van der Waals surface area contributed by atoms with E-state index < -0.39 is 5.97 Å². The van der Waals surface area contributed by atoms with E-state index in [1.807, 2.05) is 6.07 Å². The average Bonchev–Trinajstić information content (AvgIpc) is 2.97. The lowest BCUT2D eigenvalue weighted by Gasteiger charge is -2.05. The van der Waals surface area contributed by atoms with Crippen molar-refractivity contribution in [3.05, 3.63) is 99.2 Å². The minimum atomic E-state index is -0.532. The van der Waals surface area contributed by atoms with Crippen molar-refractivity contribution in [3.8, 4) is 11.5 Å². The zero-order chi connectivity index (χ0) is 19.7. The molecule has 3 aromatic carbocycles. The van der Waals surface area contributed by atoms with Crippen LogP contribution in [-0.4, -0.2) is 11.8 Å². The number of halogens is 2. The Morgan fingerprint density at radius 2 is 1.71 bits per heavy atom. The van der Waals surface area contributed by atoms with Crippen LogP contribution in [0.2, 0.25) is 10.0 Å². The van der Waals surface area contributed by atoms with Gasteiger partial charge in [-0.3, -0.25) is 4.79 Å². The fourth-order valence-electron chi connectivity index (χ4n) is 2.73. The third-order valence-electron chi connectivity index (χ3n) is 4.08. The molecular formula is C22H12Cl2O4. The lowest BCUT2D eigenvalue weighted by Crippen LogP contribution is -2.08. The van der Waals surface area contributed by atoms with Crippen molar-refractivity contribution in [3.63, 3.8) is 0 Å². The Bertz CT molecular complexity index is 1120. The average molecular weight is 411 g/mol. The van der Waals surface area contributed by atoms with Crippen molar-refractivity contribution in [2.75, 3.05) is 0 Å². The molecule has 0 radical (unpaired) electrons. The minimum absolute atomic E-state index is 0.179. The van der Waals surface area contributed by atoms with E-state index in [4.69, 9.17) is 32.7 Å². The van der Waals surface area contributed by atoms with Gasteiger partial charge in [0, 0.05) is 16.1 Å². The number of carbonyl (C=O) groups is 2. The second-order valence-corrected chi connectivity index (χ2v) is 6.92. The Hall–Kier alpha value is -3.08. The van der Waals surface area contributed by atoms with Gasteiger partial charge in [-0.15, -0.1) is 0 Å². The number of Topliss-reactive ketones (excluding diaryl/α,β-unsaturated/α-hetero) is 1. The van der Waals surface area contributed by atoms with Crippen LogP contribution in [0, 0.1) is 0 Å². The lowest BCUT2D eigenvalue weighted by molar-refractivity contribution is 0.0734. The fraction of sp³-hybridized carbons (Fsp3) is 0. The molecule has 1 aliphatic rings. The highest BCUT2D eigenvalue weighted by Gasteiger charge is 2.28. The molecule has 0 saturated heterocycles. The first-order chi connectivity index (χ1) is 13.5. The maximum absolute atomic E-state index is 12.5. The van der Waals surface area contributed by atoms with Crippen molar-refractivity contribution in [1.82, 2.24) is 0 Å². The van der Waals surface area contributed by atoms with Gasteiger partial charge in [0.25, 0.3) is 0 Å². The summed E-state index contributed by atoms with van der Waals surface area (Å²) >= 11 is 11.8. The van der Waals surface area contributed by atoms with Gasteiger partial charge in [-0.25, -0.2) is 4.79 Å². The molecule has 0 spiro atoms. The number of rotatable bonds is 3. The van der Waals surface area contributed by atoms with Gasteiger partial charge in [0.15, 0.2) is 5.76 Å². The van der Waals surface area contributed by atoms with Crippen molar-refractivity contribution in [2.45, 2.75) is 0 Å². The number of esters is 1. The maximum Gasteiger partial charge on any atom is 0.343 e. The Labute approximate surface area is 170 Å². The molecule has 0 aromatic heterocycles. The van der Waals surface area contributed by atoms with Gasteiger partial charge < -0.3 is 9.47 Å². The van der Waals surface area contributed by atoms with Crippen molar-refractivity contribution >= 4 is 41.0 Å². The first-order valence-electron chi connectivity index (χ1n) is 8.31. The van der Waals surface area contributed by atoms with E-state index >= 15 is 0 Å². The van der Waals surface area contributed by atoms with Crippen molar-refractivity contribution in [2.24, 2.45) is 0 Å². The number of hydrogen-bond donors (Lipinski definition) is 0. The summed E-state index contributed by atoms with van der Waals surface area (Å²) in [7, 11) is 0. The highest BCUT2D eigenvalue weighted by atomic mass is 35.5. The Kier molecular flexibility index (Phi) is 4.90. The van der Waals surface area contributed by atoms with E-state index in [9.17, 15) is 9.59 Å². The van der Waals surface area contributed by atoms with Crippen molar-refractivity contribution in [1.29, 1.82) is 0 Å². The largest absolute Gasteiger partial charge is 0.452 e. The van der Waals surface area contributed by atoms with Gasteiger partial charge in [-0.1, -0.05) is 35.3 Å². The second-order valence-electron chi connectivity index (χ2n) is 6.05. The van der Waals surface area contributed by atoms with Crippen LogP contribution in [0.5, 0.6) is 11.5 Å². The quantitative estimate of drug-likeness (QED) is 0.309. The Morgan fingerprint density at radius 1 is 0.929 bits per heavy atom. The summed E-state index contributed by atoms with van der Waals surface area (Å²) in [6.07, 6.45) is 1.62. The van der Waals surface area contributed by atoms with Gasteiger partial charge in [0.05, 0.1) is 11.1 Å². The number of carbonyl (C=O) groups excluding carboxylic acids is 2. The monoisotopic (exact) mass is 410 g/mol. The molecule has 0 N–H and O–H groups in total.